The fourth-order valence-corrected chi connectivity index (χ4v) is 6.70. The highest BCUT2D eigenvalue weighted by Crippen LogP contribution is 2.52. The Hall–Kier alpha value is -3.52. The lowest BCUT2D eigenvalue weighted by Gasteiger charge is -2.53. The minimum absolute atomic E-state index is 0.472. The van der Waals surface area contributed by atoms with Crippen molar-refractivity contribution in [1.82, 2.24) is 4.57 Å². The second-order valence-corrected chi connectivity index (χ2v) is 9.82. The van der Waals surface area contributed by atoms with Crippen molar-refractivity contribution in [1.29, 1.82) is 0 Å². The topological polar surface area (TPSA) is 8.17 Å². The number of aromatic nitrogens is 1. The molecule has 1 aromatic heterocycles. The summed E-state index contributed by atoms with van der Waals surface area (Å²) >= 11 is 0. The molecule has 1 aliphatic carbocycles. The maximum absolute atomic E-state index is 2.74. The lowest BCUT2D eigenvalue weighted by atomic mass is 9.70. The first-order chi connectivity index (χ1) is 16.2. The molecule has 8 rings (SSSR count). The zero-order valence-electron chi connectivity index (χ0n) is 19.2. The molecular weight excluding hydrogens is 400 g/mol. The number of piperidine rings is 1. The van der Waals surface area contributed by atoms with Gasteiger partial charge >= 0.3 is 0 Å². The SMILES string of the molecule is Cc1cc2c(cc1N1C3CCC(c4ccccc43)[C@@H]1C)c1ccccc1n2-c1ccccc1. The van der Waals surface area contributed by atoms with Gasteiger partial charge in [-0.15, -0.1) is 0 Å². The zero-order valence-corrected chi connectivity index (χ0v) is 19.2. The first kappa shape index (κ1) is 19.0. The van der Waals surface area contributed by atoms with E-state index in [1.807, 2.05) is 0 Å². The van der Waals surface area contributed by atoms with E-state index in [9.17, 15) is 0 Å². The molecule has 1 saturated heterocycles. The Bertz CT molecular complexity index is 1510. The molecule has 162 valence electrons. The van der Waals surface area contributed by atoms with Crippen molar-refractivity contribution in [3.63, 3.8) is 0 Å². The smallest absolute Gasteiger partial charge is 0.0548 e. The molecule has 2 bridgehead atoms. The van der Waals surface area contributed by atoms with Crippen LogP contribution < -0.4 is 4.90 Å². The fraction of sp³-hybridized carbons (Fsp3) is 0.226. The molecule has 4 aromatic carbocycles. The molecule has 1 fully saturated rings. The van der Waals surface area contributed by atoms with Crippen LogP contribution in [0.3, 0.4) is 0 Å². The van der Waals surface area contributed by atoms with Crippen molar-refractivity contribution < 1.29 is 0 Å². The molecule has 2 nitrogen and oxygen atoms in total. The predicted octanol–water partition coefficient (Wildman–Crippen LogP) is 7.92. The molecule has 0 saturated carbocycles. The number of benzene rings is 4. The molecule has 0 spiro atoms. The van der Waals surface area contributed by atoms with E-state index in [0.29, 0.717) is 18.0 Å². The van der Waals surface area contributed by atoms with Crippen molar-refractivity contribution in [2.75, 3.05) is 4.90 Å². The van der Waals surface area contributed by atoms with Crippen LogP contribution in [-0.2, 0) is 0 Å². The first-order valence-electron chi connectivity index (χ1n) is 12.2. The zero-order chi connectivity index (χ0) is 22.1. The van der Waals surface area contributed by atoms with Crippen molar-refractivity contribution in [3.05, 3.63) is 108 Å². The van der Waals surface area contributed by atoms with Crippen LogP contribution in [0.4, 0.5) is 5.69 Å². The maximum atomic E-state index is 2.74. The summed E-state index contributed by atoms with van der Waals surface area (Å²) in [6.45, 7) is 4.73. The summed E-state index contributed by atoms with van der Waals surface area (Å²) < 4.78 is 2.42. The minimum Gasteiger partial charge on any atom is -0.361 e. The molecule has 3 atom stereocenters. The number of hydrogen-bond acceptors (Lipinski definition) is 1. The first-order valence-corrected chi connectivity index (χ1v) is 12.2. The van der Waals surface area contributed by atoms with Gasteiger partial charge in [0.2, 0.25) is 0 Å². The van der Waals surface area contributed by atoms with Gasteiger partial charge in [-0.2, -0.15) is 0 Å². The Balaban J connectivity index is 1.48. The van der Waals surface area contributed by atoms with Crippen LogP contribution in [0.1, 0.15) is 48.4 Å². The van der Waals surface area contributed by atoms with Gasteiger partial charge in [0.15, 0.2) is 0 Å². The van der Waals surface area contributed by atoms with E-state index in [0.717, 1.165) is 0 Å². The standard InChI is InChI=1S/C31H28N2/c1-20-18-31-27(26-14-8-9-15-28(26)33(31)22-10-4-3-5-11-22)19-30(20)32-21(2)23-16-17-29(32)25-13-7-6-12-24(23)25/h3-15,18-19,21,23,29H,16-17H2,1-2H3/t21-,23?,29?/m0/s1. The largest absolute Gasteiger partial charge is 0.361 e. The Morgan fingerprint density at radius 2 is 1.42 bits per heavy atom. The van der Waals surface area contributed by atoms with Crippen LogP contribution in [0.15, 0.2) is 91.0 Å². The molecule has 2 heteroatoms. The molecule has 3 heterocycles. The molecular formula is C31H28N2. The number of fused-ring (bicyclic) bond motifs is 5. The van der Waals surface area contributed by atoms with Crippen molar-refractivity contribution in [2.45, 2.75) is 44.7 Å². The van der Waals surface area contributed by atoms with Crippen molar-refractivity contribution in [2.24, 2.45) is 0 Å². The number of rotatable bonds is 2. The number of hydrogen-bond donors (Lipinski definition) is 0. The van der Waals surface area contributed by atoms with E-state index in [4.69, 9.17) is 0 Å². The molecule has 2 aliphatic heterocycles. The summed E-state index contributed by atoms with van der Waals surface area (Å²) in [6.07, 6.45) is 2.54. The number of nitrogens with zero attached hydrogens (tertiary/aromatic N) is 2. The van der Waals surface area contributed by atoms with Crippen LogP contribution in [0.2, 0.25) is 0 Å². The molecule has 2 unspecified atom stereocenters. The molecule has 33 heavy (non-hydrogen) atoms. The van der Waals surface area contributed by atoms with Gasteiger partial charge in [-0.1, -0.05) is 60.7 Å². The van der Waals surface area contributed by atoms with Crippen LogP contribution in [0.25, 0.3) is 27.5 Å². The lowest BCUT2D eigenvalue weighted by Crippen LogP contribution is -2.49. The van der Waals surface area contributed by atoms with Crippen molar-refractivity contribution >= 4 is 27.5 Å². The number of aryl methyl sites for hydroxylation is 1. The van der Waals surface area contributed by atoms with E-state index < -0.39 is 0 Å². The van der Waals surface area contributed by atoms with E-state index in [-0.39, 0.29) is 0 Å². The van der Waals surface area contributed by atoms with Crippen LogP contribution in [0.5, 0.6) is 0 Å². The second kappa shape index (κ2) is 6.99. The van der Waals surface area contributed by atoms with Crippen LogP contribution in [0, 0.1) is 6.92 Å². The third-order valence-electron chi connectivity index (χ3n) is 8.15. The average Bonchev–Trinajstić information content (AvgIpc) is 3.18. The highest BCUT2D eigenvalue weighted by atomic mass is 15.2. The number of para-hydroxylation sites is 2. The third-order valence-corrected chi connectivity index (χ3v) is 8.15. The second-order valence-electron chi connectivity index (χ2n) is 9.82. The van der Waals surface area contributed by atoms with Crippen LogP contribution >= 0.6 is 0 Å². The van der Waals surface area contributed by atoms with Crippen LogP contribution in [-0.4, -0.2) is 10.6 Å². The predicted molar refractivity (Wildman–Crippen MR) is 139 cm³/mol. The monoisotopic (exact) mass is 428 g/mol. The van der Waals surface area contributed by atoms with Gasteiger partial charge in [0.05, 0.1) is 17.1 Å². The highest BCUT2D eigenvalue weighted by molar-refractivity contribution is 6.10. The lowest BCUT2D eigenvalue weighted by molar-refractivity contribution is 0.324. The summed E-state index contributed by atoms with van der Waals surface area (Å²) in [5, 5.41) is 2.67. The molecule has 0 N–H and O–H groups in total. The minimum atomic E-state index is 0.472. The van der Waals surface area contributed by atoms with E-state index in [2.05, 4.69) is 114 Å². The summed E-state index contributed by atoms with van der Waals surface area (Å²) in [4.78, 5) is 2.74. The summed E-state index contributed by atoms with van der Waals surface area (Å²) in [5.74, 6) is 0.618. The third kappa shape index (κ3) is 2.61. The van der Waals surface area contributed by atoms with Gasteiger partial charge in [0.1, 0.15) is 0 Å². The van der Waals surface area contributed by atoms with Gasteiger partial charge in [0.25, 0.3) is 0 Å². The normalized spacial score (nSPS) is 21.6. The quantitative estimate of drug-likeness (QED) is 0.277. The average molecular weight is 429 g/mol. The Labute approximate surface area is 195 Å². The van der Waals surface area contributed by atoms with Gasteiger partial charge in [-0.3, -0.25) is 0 Å². The molecule has 3 aliphatic rings. The summed E-state index contributed by atoms with van der Waals surface area (Å²) in [6, 6.07) is 34.6. The Morgan fingerprint density at radius 3 is 2.27 bits per heavy atom. The Kier molecular flexibility index (Phi) is 4.02. The summed E-state index contributed by atoms with van der Waals surface area (Å²) in [7, 11) is 0. The summed E-state index contributed by atoms with van der Waals surface area (Å²) in [5.41, 5.74) is 9.66. The van der Waals surface area contributed by atoms with E-state index >= 15 is 0 Å². The van der Waals surface area contributed by atoms with E-state index in [1.54, 1.807) is 5.56 Å². The molecule has 0 amide bonds. The van der Waals surface area contributed by atoms with E-state index in [1.165, 1.54) is 57.1 Å². The maximum Gasteiger partial charge on any atom is 0.0548 e. The van der Waals surface area contributed by atoms with Gasteiger partial charge in [0, 0.05) is 34.1 Å². The molecule has 5 aromatic rings. The Morgan fingerprint density at radius 1 is 0.697 bits per heavy atom. The van der Waals surface area contributed by atoms with Gasteiger partial charge in [-0.05, 0) is 73.7 Å². The fourth-order valence-electron chi connectivity index (χ4n) is 6.70. The molecule has 0 radical (unpaired) electrons. The number of anilines is 1. The van der Waals surface area contributed by atoms with Gasteiger partial charge < -0.3 is 9.47 Å². The van der Waals surface area contributed by atoms with Crippen molar-refractivity contribution in [3.8, 4) is 5.69 Å². The van der Waals surface area contributed by atoms with Gasteiger partial charge in [-0.25, -0.2) is 0 Å². The highest BCUT2D eigenvalue weighted by Gasteiger charge is 2.43.